The van der Waals surface area contributed by atoms with Crippen LogP contribution in [0.15, 0.2) is 42.7 Å². The SMILES string of the molecule is NC(=O)c1ccc2cncc(-c3ccc(OCCOCCOC4CC4)c(F)c3)c2n1. The van der Waals surface area contributed by atoms with E-state index < -0.39 is 11.7 Å². The number of rotatable bonds is 10. The molecule has 156 valence electrons. The summed E-state index contributed by atoms with van der Waals surface area (Å²) in [6.07, 6.45) is 5.88. The molecule has 0 unspecified atom stereocenters. The topological polar surface area (TPSA) is 96.6 Å². The van der Waals surface area contributed by atoms with Crippen molar-refractivity contribution in [2.45, 2.75) is 18.9 Å². The third kappa shape index (κ3) is 4.90. The van der Waals surface area contributed by atoms with Crippen LogP contribution in [-0.2, 0) is 9.47 Å². The first kappa shape index (κ1) is 20.2. The molecule has 3 aromatic rings. The summed E-state index contributed by atoms with van der Waals surface area (Å²) >= 11 is 0. The molecule has 1 fully saturated rings. The Balaban J connectivity index is 1.41. The number of amides is 1. The van der Waals surface area contributed by atoms with Crippen LogP contribution in [0.4, 0.5) is 4.39 Å². The van der Waals surface area contributed by atoms with Gasteiger partial charge < -0.3 is 19.9 Å². The van der Waals surface area contributed by atoms with Crippen molar-refractivity contribution in [2.24, 2.45) is 5.73 Å². The number of aromatic nitrogens is 2. The van der Waals surface area contributed by atoms with Crippen LogP contribution in [0.2, 0.25) is 0 Å². The highest BCUT2D eigenvalue weighted by Gasteiger charge is 2.21. The smallest absolute Gasteiger partial charge is 0.267 e. The van der Waals surface area contributed by atoms with Crippen LogP contribution in [0.5, 0.6) is 5.75 Å². The van der Waals surface area contributed by atoms with Crippen LogP contribution >= 0.6 is 0 Å². The van der Waals surface area contributed by atoms with E-state index in [1.165, 1.54) is 12.1 Å². The van der Waals surface area contributed by atoms with Gasteiger partial charge in [-0.1, -0.05) is 6.07 Å². The highest BCUT2D eigenvalue weighted by atomic mass is 19.1. The zero-order valence-electron chi connectivity index (χ0n) is 16.3. The Morgan fingerprint density at radius 1 is 1.10 bits per heavy atom. The molecule has 7 nitrogen and oxygen atoms in total. The largest absolute Gasteiger partial charge is 0.488 e. The second-order valence-corrected chi connectivity index (χ2v) is 7.00. The summed E-state index contributed by atoms with van der Waals surface area (Å²) in [6, 6.07) is 7.88. The van der Waals surface area contributed by atoms with Crippen LogP contribution in [0.1, 0.15) is 23.3 Å². The van der Waals surface area contributed by atoms with Gasteiger partial charge in [-0.15, -0.1) is 0 Å². The first-order chi connectivity index (χ1) is 14.6. The monoisotopic (exact) mass is 411 g/mol. The van der Waals surface area contributed by atoms with Gasteiger partial charge in [0.25, 0.3) is 5.91 Å². The molecule has 4 rings (SSSR count). The molecule has 0 radical (unpaired) electrons. The molecule has 2 heterocycles. The molecule has 0 bridgehead atoms. The average molecular weight is 411 g/mol. The Labute approximate surface area is 173 Å². The number of benzene rings is 1. The van der Waals surface area contributed by atoms with Crippen LogP contribution in [0.3, 0.4) is 0 Å². The normalized spacial score (nSPS) is 13.5. The van der Waals surface area contributed by atoms with E-state index in [2.05, 4.69) is 9.97 Å². The lowest BCUT2D eigenvalue weighted by molar-refractivity contribution is 0.0297. The van der Waals surface area contributed by atoms with E-state index in [0.29, 0.717) is 42.6 Å². The molecule has 8 heteroatoms. The number of hydrogen-bond acceptors (Lipinski definition) is 6. The summed E-state index contributed by atoms with van der Waals surface area (Å²) in [4.78, 5) is 19.9. The van der Waals surface area contributed by atoms with Gasteiger partial charge in [-0.2, -0.15) is 0 Å². The first-order valence-corrected chi connectivity index (χ1v) is 9.78. The van der Waals surface area contributed by atoms with Crippen molar-refractivity contribution in [3.8, 4) is 16.9 Å². The number of ether oxygens (including phenoxy) is 3. The van der Waals surface area contributed by atoms with Crippen LogP contribution in [0.25, 0.3) is 22.0 Å². The summed E-state index contributed by atoms with van der Waals surface area (Å²) < 4.78 is 30.9. The van der Waals surface area contributed by atoms with Gasteiger partial charge in [0, 0.05) is 23.3 Å². The van der Waals surface area contributed by atoms with Gasteiger partial charge in [-0.05, 0) is 42.7 Å². The van der Waals surface area contributed by atoms with Gasteiger partial charge in [-0.25, -0.2) is 9.37 Å². The molecule has 0 atom stereocenters. The molecule has 30 heavy (non-hydrogen) atoms. The van der Waals surface area contributed by atoms with E-state index in [-0.39, 0.29) is 18.1 Å². The minimum absolute atomic E-state index is 0.135. The second kappa shape index (κ2) is 9.15. The summed E-state index contributed by atoms with van der Waals surface area (Å²) in [5.41, 5.74) is 7.16. The molecule has 1 aromatic carbocycles. The van der Waals surface area contributed by atoms with E-state index in [4.69, 9.17) is 19.9 Å². The van der Waals surface area contributed by atoms with Gasteiger partial charge in [0.1, 0.15) is 12.3 Å². The highest BCUT2D eigenvalue weighted by molar-refractivity contribution is 5.97. The Kier molecular flexibility index (Phi) is 6.15. The number of nitrogens with two attached hydrogens (primary N) is 1. The number of nitrogens with zero attached hydrogens (tertiary/aromatic N) is 2. The van der Waals surface area contributed by atoms with Gasteiger partial charge >= 0.3 is 0 Å². The van der Waals surface area contributed by atoms with Crippen molar-refractivity contribution >= 4 is 16.8 Å². The van der Waals surface area contributed by atoms with Crippen molar-refractivity contribution in [1.82, 2.24) is 9.97 Å². The lowest BCUT2D eigenvalue weighted by atomic mass is 10.0. The summed E-state index contributed by atoms with van der Waals surface area (Å²) in [6.45, 7) is 1.65. The molecule has 1 saturated carbocycles. The maximum absolute atomic E-state index is 14.6. The predicted molar refractivity (Wildman–Crippen MR) is 109 cm³/mol. The number of primary amides is 1. The fourth-order valence-corrected chi connectivity index (χ4v) is 3.00. The Morgan fingerprint density at radius 2 is 1.93 bits per heavy atom. The molecule has 1 aliphatic rings. The van der Waals surface area contributed by atoms with Gasteiger partial charge in [0.15, 0.2) is 11.6 Å². The molecule has 0 saturated heterocycles. The molecule has 0 spiro atoms. The van der Waals surface area contributed by atoms with Gasteiger partial charge in [0.05, 0.1) is 31.4 Å². The molecular formula is C22H22FN3O4. The zero-order valence-corrected chi connectivity index (χ0v) is 16.3. The first-order valence-electron chi connectivity index (χ1n) is 9.78. The molecular weight excluding hydrogens is 389 g/mol. The Bertz CT molecular complexity index is 1060. The highest BCUT2D eigenvalue weighted by Crippen LogP contribution is 2.30. The maximum Gasteiger partial charge on any atom is 0.267 e. The lowest BCUT2D eigenvalue weighted by Crippen LogP contribution is -2.13. The van der Waals surface area contributed by atoms with E-state index in [0.717, 1.165) is 18.2 Å². The molecule has 0 aliphatic heterocycles. The quantitative estimate of drug-likeness (QED) is 0.515. The maximum atomic E-state index is 14.6. The van der Waals surface area contributed by atoms with Gasteiger partial charge in [0.2, 0.25) is 0 Å². The molecule has 2 N–H and O–H groups in total. The number of hydrogen-bond donors (Lipinski definition) is 1. The minimum Gasteiger partial charge on any atom is -0.488 e. The number of pyridine rings is 2. The summed E-state index contributed by atoms with van der Waals surface area (Å²) in [5, 5.41) is 0.723. The third-order valence-electron chi connectivity index (χ3n) is 4.69. The predicted octanol–water partition coefficient (Wildman–Crippen LogP) is 3.11. The fraction of sp³-hybridized carbons (Fsp3) is 0.318. The van der Waals surface area contributed by atoms with E-state index in [1.807, 2.05) is 0 Å². The number of carbonyl (C=O) groups excluding carboxylic acids is 1. The molecule has 2 aromatic heterocycles. The van der Waals surface area contributed by atoms with Crippen LogP contribution in [-0.4, -0.2) is 48.4 Å². The molecule has 1 aliphatic carbocycles. The van der Waals surface area contributed by atoms with Crippen molar-refractivity contribution in [1.29, 1.82) is 0 Å². The summed E-state index contributed by atoms with van der Waals surface area (Å²) in [5.74, 6) is -1.00. The fourth-order valence-electron chi connectivity index (χ4n) is 3.00. The van der Waals surface area contributed by atoms with Crippen molar-refractivity contribution < 1.29 is 23.4 Å². The van der Waals surface area contributed by atoms with Crippen molar-refractivity contribution in [2.75, 3.05) is 26.4 Å². The Morgan fingerprint density at radius 3 is 2.70 bits per heavy atom. The van der Waals surface area contributed by atoms with E-state index >= 15 is 0 Å². The standard InChI is InChI=1S/C22H22FN3O4/c23-18-11-14(2-6-20(18)30-10-8-28-7-9-29-16-3-4-16)17-13-25-12-15-1-5-19(22(24)27)26-21(15)17/h1-2,5-6,11-13,16H,3-4,7-10H2,(H2,24,27). The summed E-state index contributed by atoms with van der Waals surface area (Å²) in [7, 11) is 0. The van der Waals surface area contributed by atoms with E-state index in [9.17, 15) is 9.18 Å². The minimum atomic E-state index is -0.629. The molecule has 1 amide bonds. The third-order valence-corrected chi connectivity index (χ3v) is 4.69. The Hall–Kier alpha value is -3.10. The van der Waals surface area contributed by atoms with Crippen molar-refractivity contribution in [3.63, 3.8) is 0 Å². The van der Waals surface area contributed by atoms with E-state index in [1.54, 1.807) is 30.6 Å². The van der Waals surface area contributed by atoms with Gasteiger partial charge in [-0.3, -0.25) is 9.78 Å². The number of halogens is 1. The van der Waals surface area contributed by atoms with Crippen molar-refractivity contribution in [3.05, 3.63) is 54.2 Å². The zero-order chi connectivity index (χ0) is 20.9. The lowest BCUT2D eigenvalue weighted by Gasteiger charge is -2.11. The van der Waals surface area contributed by atoms with Crippen LogP contribution < -0.4 is 10.5 Å². The average Bonchev–Trinajstić information content (AvgIpc) is 3.57. The number of carbonyl (C=O) groups is 1. The number of fused-ring (bicyclic) bond motifs is 1. The second-order valence-electron chi connectivity index (χ2n) is 7.00. The van der Waals surface area contributed by atoms with Crippen LogP contribution in [0, 0.1) is 5.82 Å².